The Hall–Kier alpha value is -1.97. The molecule has 0 bridgehead atoms. The molecule has 0 aliphatic rings. The van der Waals surface area contributed by atoms with Crippen LogP contribution in [0, 0.1) is 11.6 Å². The molecule has 2 rings (SSSR count). The van der Waals surface area contributed by atoms with Gasteiger partial charge >= 0.3 is 0 Å². The summed E-state index contributed by atoms with van der Waals surface area (Å²) in [5.41, 5.74) is 0.853. The summed E-state index contributed by atoms with van der Waals surface area (Å²) in [6, 6.07) is 6.09. The zero-order chi connectivity index (χ0) is 17.4. The number of aromatic nitrogens is 1. The van der Waals surface area contributed by atoms with Crippen molar-refractivity contribution in [1.29, 1.82) is 0 Å². The summed E-state index contributed by atoms with van der Waals surface area (Å²) in [6.45, 7) is 2.19. The Morgan fingerprint density at radius 3 is 2.25 bits per heavy atom. The van der Waals surface area contributed by atoms with Crippen LogP contribution in [0.2, 0.25) is 0 Å². The van der Waals surface area contributed by atoms with Crippen molar-refractivity contribution in [2.75, 3.05) is 0 Å². The predicted molar refractivity (Wildman–Crippen MR) is 93.0 cm³/mol. The second-order valence-corrected chi connectivity index (χ2v) is 6.17. The third kappa shape index (κ3) is 5.02. The van der Waals surface area contributed by atoms with E-state index in [0.29, 0.717) is 17.7 Å². The second-order valence-electron chi connectivity index (χ2n) is 6.17. The van der Waals surface area contributed by atoms with Gasteiger partial charge in [-0.3, -0.25) is 4.98 Å². The molecule has 1 heterocycles. The lowest BCUT2D eigenvalue weighted by atomic mass is 10.0. The standard InChI is InChI=1S/C20H25F2NO/c1-2-3-4-5-6-7-8-9-15-10-12-17(20(22)19(15)21)18-13-11-16(24)14-23-18/h10-14,24H,2-9H2,1H3. The van der Waals surface area contributed by atoms with Crippen molar-refractivity contribution in [3.05, 3.63) is 47.7 Å². The zero-order valence-corrected chi connectivity index (χ0v) is 14.2. The van der Waals surface area contributed by atoms with E-state index in [0.717, 1.165) is 19.3 Å². The molecule has 1 aromatic carbocycles. The fourth-order valence-electron chi connectivity index (χ4n) is 2.80. The van der Waals surface area contributed by atoms with Crippen molar-refractivity contribution in [3.8, 4) is 17.0 Å². The van der Waals surface area contributed by atoms with E-state index in [4.69, 9.17) is 0 Å². The first-order chi connectivity index (χ1) is 11.6. The van der Waals surface area contributed by atoms with Crippen LogP contribution in [-0.2, 0) is 6.42 Å². The minimum absolute atomic E-state index is 0.00446. The molecule has 0 spiro atoms. The van der Waals surface area contributed by atoms with Crippen LogP contribution in [0.15, 0.2) is 30.5 Å². The normalized spacial score (nSPS) is 11.0. The van der Waals surface area contributed by atoms with Gasteiger partial charge in [0.1, 0.15) is 5.75 Å². The van der Waals surface area contributed by atoms with Crippen LogP contribution >= 0.6 is 0 Å². The highest BCUT2D eigenvalue weighted by molar-refractivity contribution is 5.61. The Bertz CT molecular complexity index is 641. The molecular formula is C20H25F2NO. The quantitative estimate of drug-likeness (QED) is 0.569. The van der Waals surface area contributed by atoms with E-state index < -0.39 is 11.6 Å². The van der Waals surface area contributed by atoms with Crippen LogP contribution in [0.1, 0.15) is 57.4 Å². The summed E-state index contributed by atoms with van der Waals surface area (Å²) < 4.78 is 28.5. The van der Waals surface area contributed by atoms with E-state index in [9.17, 15) is 13.9 Å². The first-order valence-corrected chi connectivity index (χ1v) is 8.75. The summed E-state index contributed by atoms with van der Waals surface area (Å²) >= 11 is 0. The predicted octanol–water partition coefficient (Wildman–Crippen LogP) is 6.03. The zero-order valence-electron chi connectivity index (χ0n) is 14.2. The molecule has 1 aromatic heterocycles. The third-order valence-electron chi connectivity index (χ3n) is 4.24. The van der Waals surface area contributed by atoms with Crippen LogP contribution in [-0.4, -0.2) is 10.1 Å². The van der Waals surface area contributed by atoms with Gasteiger partial charge in [0.25, 0.3) is 0 Å². The maximum absolute atomic E-state index is 14.3. The Kier molecular flexibility index (Phi) is 7.16. The molecule has 0 saturated heterocycles. The fraction of sp³-hybridized carbons (Fsp3) is 0.450. The van der Waals surface area contributed by atoms with Gasteiger partial charge in [0.15, 0.2) is 11.6 Å². The molecule has 0 atom stereocenters. The van der Waals surface area contributed by atoms with Crippen LogP contribution in [0.4, 0.5) is 8.78 Å². The molecule has 4 heteroatoms. The van der Waals surface area contributed by atoms with Crippen molar-refractivity contribution >= 4 is 0 Å². The minimum Gasteiger partial charge on any atom is -0.506 e. The van der Waals surface area contributed by atoms with E-state index in [2.05, 4.69) is 11.9 Å². The molecule has 0 aliphatic heterocycles. The Balaban J connectivity index is 1.93. The van der Waals surface area contributed by atoms with E-state index in [1.807, 2.05) is 0 Å². The van der Waals surface area contributed by atoms with Gasteiger partial charge in [-0.1, -0.05) is 51.5 Å². The van der Waals surface area contributed by atoms with Crippen molar-refractivity contribution in [1.82, 2.24) is 4.98 Å². The number of benzene rings is 1. The molecule has 130 valence electrons. The fourth-order valence-corrected chi connectivity index (χ4v) is 2.80. The Labute approximate surface area is 142 Å². The summed E-state index contributed by atoms with van der Waals surface area (Å²) in [4.78, 5) is 3.93. The number of pyridine rings is 1. The summed E-state index contributed by atoms with van der Waals surface area (Å²) in [5.74, 6) is -1.66. The van der Waals surface area contributed by atoms with Crippen molar-refractivity contribution in [2.45, 2.75) is 58.3 Å². The van der Waals surface area contributed by atoms with Gasteiger partial charge in [-0.25, -0.2) is 8.78 Å². The first-order valence-electron chi connectivity index (χ1n) is 8.75. The van der Waals surface area contributed by atoms with Crippen molar-refractivity contribution < 1.29 is 13.9 Å². The van der Waals surface area contributed by atoms with E-state index in [1.165, 1.54) is 44.0 Å². The molecule has 24 heavy (non-hydrogen) atoms. The van der Waals surface area contributed by atoms with Crippen LogP contribution in [0.25, 0.3) is 11.3 Å². The van der Waals surface area contributed by atoms with Crippen LogP contribution in [0.3, 0.4) is 0 Å². The first kappa shape index (κ1) is 18.4. The van der Waals surface area contributed by atoms with Gasteiger partial charge in [-0.2, -0.15) is 0 Å². The number of nitrogens with zero attached hydrogens (tertiary/aromatic N) is 1. The number of rotatable bonds is 9. The molecule has 0 unspecified atom stereocenters. The second kappa shape index (κ2) is 9.36. The van der Waals surface area contributed by atoms with E-state index >= 15 is 0 Å². The Morgan fingerprint density at radius 1 is 0.875 bits per heavy atom. The third-order valence-corrected chi connectivity index (χ3v) is 4.24. The van der Waals surface area contributed by atoms with Crippen molar-refractivity contribution in [3.63, 3.8) is 0 Å². The summed E-state index contributed by atoms with van der Waals surface area (Å²) in [5, 5.41) is 9.23. The largest absolute Gasteiger partial charge is 0.506 e. The van der Waals surface area contributed by atoms with E-state index in [-0.39, 0.29) is 11.3 Å². The summed E-state index contributed by atoms with van der Waals surface area (Å²) in [6.07, 6.45) is 9.83. The number of unbranched alkanes of at least 4 members (excludes halogenated alkanes) is 6. The lowest BCUT2D eigenvalue weighted by molar-refractivity contribution is 0.472. The number of hydrogen-bond acceptors (Lipinski definition) is 2. The number of aryl methyl sites for hydroxylation is 1. The topological polar surface area (TPSA) is 33.1 Å². The molecular weight excluding hydrogens is 308 g/mol. The molecule has 0 fully saturated rings. The molecule has 2 nitrogen and oxygen atoms in total. The SMILES string of the molecule is CCCCCCCCCc1ccc(-c2ccc(O)cn2)c(F)c1F. The molecule has 0 saturated carbocycles. The van der Waals surface area contributed by atoms with Gasteiger partial charge < -0.3 is 5.11 Å². The lowest BCUT2D eigenvalue weighted by Crippen LogP contribution is -1.98. The van der Waals surface area contributed by atoms with Crippen LogP contribution < -0.4 is 0 Å². The monoisotopic (exact) mass is 333 g/mol. The lowest BCUT2D eigenvalue weighted by Gasteiger charge is -2.08. The van der Waals surface area contributed by atoms with Crippen LogP contribution in [0.5, 0.6) is 5.75 Å². The smallest absolute Gasteiger partial charge is 0.168 e. The summed E-state index contributed by atoms with van der Waals surface area (Å²) in [7, 11) is 0. The maximum Gasteiger partial charge on any atom is 0.168 e. The van der Waals surface area contributed by atoms with E-state index in [1.54, 1.807) is 12.1 Å². The average molecular weight is 333 g/mol. The van der Waals surface area contributed by atoms with Gasteiger partial charge in [0.2, 0.25) is 0 Å². The highest BCUT2D eigenvalue weighted by Gasteiger charge is 2.15. The van der Waals surface area contributed by atoms with Crippen molar-refractivity contribution in [2.24, 2.45) is 0 Å². The minimum atomic E-state index is -0.867. The van der Waals surface area contributed by atoms with Gasteiger partial charge in [0, 0.05) is 5.56 Å². The van der Waals surface area contributed by atoms with Gasteiger partial charge in [-0.15, -0.1) is 0 Å². The number of hydrogen-bond donors (Lipinski definition) is 1. The Morgan fingerprint density at radius 2 is 1.58 bits per heavy atom. The molecule has 2 aromatic rings. The molecule has 0 radical (unpaired) electrons. The number of halogens is 2. The molecule has 0 aliphatic carbocycles. The highest BCUT2D eigenvalue weighted by atomic mass is 19.2. The van der Waals surface area contributed by atoms with Gasteiger partial charge in [-0.05, 0) is 36.6 Å². The van der Waals surface area contributed by atoms with Gasteiger partial charge in [0.05, 0.1) is 11.9 Å². The highest BCUT2D eigenvalue weighted by Crippen LogP contribution is 2.26. The molecule has 0 amide bonds. The maximum atomic E-state index is 14.3. The average Bonchev–Trinajstić information content (AvgIpc) is 2.59. The number of aromatic hydroxyl groups is 1. The molecule has 1 N–H and O–H groups in total.